The number of carbonyl (C=O) groups is 1. The highest BCUT2D eigenvalue weighted by Gasteiger charge is 2.15. The number of aliphatic imine (C=N–C) groups is 1. The lowest BCUT2D eigenvalue weighted by Crippen LogP contribution is -2.47. The topological polar surface area (TPSA) is 87.6 Å². The molecule has 1 atom stereocenters. The summed E-state index contributed by atoms with van der Waals surface area (Å²) in [6.07, 6.45) is 2.22. The van der Waals surface area contributed by atoms with Crippen molar-refractivity contribution < 1.29 is 9.53 Å². The summed E-state index contributed by atoms with van der Waals surface area (Å²) in [5, 5.41) is 9.32. The van der Waals surface area contributed by atoms with Crippen molar-refractivity contribution in [3.63, 3.8) is 0 Å². The Morgan fingerprint density at radius 2 is 2.08 bits per heavy atom. The van der Waals surface area contributed by atoms with Crippen molar-refractivity contribution in [1.82, 2.24) is 20.9 Å². The fraction of sp³-hybridized carbons (Fsp3) is 0.588. The molecule has 0 bridgehead atoms. The van der Waals surface area contributed by atoms with E-state index >= 15 is 0 Å². The van der Waals surface area contributed by atoms with Gasteiger partial charge in [-0.15, -0.1) is 24.0 Å². The molecule has 8 heteroatoms. The molecule has 1 rings (SSSR count). The molecule has 142 valence electrons. The normalized spacial score (nSPS) is 12.1. The van der Waals surface area contributed by atoms with Crippen LogP contribution in [0.25, 0.3) is 0 Å². The Hall–Kier alpha value is -1.58. The van der Waals surface area contributed by atoms with Gasteiger partial charge in [0, 0.05) is 25.8 Å². The molecule has 1 unspecified atom stereocenters. The lowest BCUT2D eigenvalue weighted by molar-refractivity contribution is 0.146. The van der Waals surface area contributed by atoms with Crippen molar-refractivity contribution in [2.45, 2.75) is 39.8 Å². The molecule has 0 aliphatic carbocycles. The van der Waals surface area contributed by atoms with Gasteiger partial charge in [-0.05, 0) is 31.4 Å². The predicted octanol–water partition coefficient (Wildman–Crippen LogP) is 2.53. The Morgan fingerprint density at radius 1 is 1.32 bits per heavy atom. The van der Waals surface area contributed by atoms with Gasteiger partial charge >= 0.3 is 6.09 Å². The first-order valence-corrected chi connectivity index (χ1v) is 8.32. The van der Waals surface area contributed by atoms with Crippen LogP contribution in [0.2, 0.25) is 0 Å². The van der Waals surface area contributed by atoms with Crippen molar-refractivity contribution >= 4 is 36.0 Å². The molecule has 0 aromatic carbocycles. The van der Waals surface area contributed by atoms with Crippen LogP contribution in [0.1, 0.15) is 32.9 Å². The highest BCUT2D eigenvalue weighted by atomic mass is 127. The average molecular weight is 463 g/mol. The van der Waals surface area contributed by atoms with Gasteiger partial charge in [0.2, 0.25) is 0 Å². The second-order valence-electron chi connectivity index (χ2n) is 5.82. The van der Waals surface area contributed by atoms with Crippen molar-refractivity contribution in [2.24, 2.45) is 10.9 Å². The maximum absolute atomic E-state index is 11.6. The van der Waals surface area contributed by atoms with E-state index in [1.165, 1.54) is 0 Å². The largest absolute Gasteiger partial charge is 0.450 e. The highest BCUT2D eigenvalue weighted by molar-refractivity contribution is 14.0. The summed E-state index contributed by atoms with van der Waals surface area (Å²) in [6.45, 7) is 7.54. The van der Waals surface area contributed by atoms with Crippen LogP contribution in [0.15, 0.2) is 29.4 Å². The first-order valence-electron chi connectivity index (χ1n) is 8.32. The monoisotopic (exact) mass is 463 g/mol. The van der Waals surface area contributed by atoms with E-state index in [9.17, 15) is 4.79 Å². The minimum absolute atomic E-state index is 0. The van der Waals surface area contributed by atoms with E-state index in [0.717, 1.165) is 12.1 Å². The number of nitrogens with one attached hydrogen (secondary N) is 3. The molecule has 1 amide bonds. The molecule has 0 aliphatic rings. The number of pyridine rings is 1. The molecule has 0 spiro atoms. The molecule has 7 nitrogen and oxygen atoms in total. The van der Waals surface area contributed by atoms with Crippen LogP contribution < -0.4 is 16.0 Å². The van der Waals surface area contributed by atoms with Crippen LogP contribution in [-0.2, 0) is 11.3 Å². The Kier molecular flexibility index (Phi) is 12.8. The zero-order valence-corrected chi connectivity index (χ0v) is 17.7. The number of amides is 1. The van der Waals surface area contributed by atoms with Gasteiger partial charge in [0.05, 0.1) is 18.8 Å². The van der Waals surface area contributed by atoms with Gasteiger partial charge in [0.25, 0.3) is 0 Å². The van der Waals surface area contributed by atoms with E-state index < -0.39 is 0 Å². The Morgan fingerprint density at radius 3 is 2.64 bits per heavy atom. The van der Waals surface area contributed by atoms with Crippen LogP contribution in [0.4, 0.5) is 4.79 Å². The van der Waals surface area contributed by atoms with Gasteiger partial charge in [0.1, 0.15) is 0 Å². The summed E-state index contributed by atoms with van der Waals surface area (Å²) in [6, 6.07) is 5.75. The second kappa shape index (κ2) is 13.7. The van der Waals surface area contributed by atoms with Crippen LogP contribution in [0.3, 0.4) is 0 Å². The smallest absolute Gasteiger partial charge is 0.407 e. The van der Waals surface area contributed by atoms with Gasteiger partial charge in [-0.25, -0.2) is 4.79 Å². The maximum Gasteiger partial charge on any atom is 0.407 e. The standard InChI is InChI=1S/C17H29N5O2.HI/c1-5-24-17(23)22-15(10-13(2)3)12-21-16(18-4)20-11-14-8-6-7-9-19-14;/h6-9,13,15H,5,10-12H2,1-4H3,(H,22,23)(H2,18,20,21);1H. The molecule has 1 heterocycles. The molecular weight excluding hydrogens is 433 g/mol. The van der Waals surface area contributed by atoms with Crippen molar-refractivity contribution in [2.75, 3.05) is 20.2 Å². The van der Waals surface area contributed by atoms with Crippen LogP contribution >= 0.6 is 24.0 Å². The van der Waals surface area contributed by atoms with Gasteiger partial charge in [-0.1, -0.05) is 19.9 Å². The zero-order chi connectivity index (χ0) is 17.8. The third kappa shape index (κ3) is 10.8. The molecule has 1 aromatic heterocycles. The summed E-state index contributed by atoms with van der Waals surface area (Å²) >= 11 is 0. The predicted molar refractivity (Wildman–Crippen MR) is 111 cm³/mol. The molecule has 0 radical (unpaired) electrons. The number of rotatable bonds is 8. The third-order valence-corrected chi connectivity index (χ3v) is 3.26. The maximum atomic E-state index is 11.6. The lowest BCUT2D eigenvalue weighted by atomic mass is 10.0. The fourth-order valence-corrected chi connectivity index (χ4v) is 2.22. The van der Waals surface area contributed by atoms with E-state index in [0.29, 0.717) is 31.6 Å². The van der Waals surface area contributed by atoms with E-state index in [1.807, 2.05) is 18.2 Å². The molecule has 0 aliphatic heterocycles. The van der Waals surface area contributed by atoms with Gasteiger partial charge in [0.15, 0.2) is 5.96 Å². The Labute approximate surface area is 167 Å². The SMILES string of the molecule is CCOC(=O)NC(CNC(=NC)NCc1ccccn1)CC(C)C.I. The number of ether oxygens (including phenoxy) is 1. The summed E-state index contributed by atoms with van der Waals surface area (Å²) in [5.74, 6) is 1.13. The molecule has 25 heavy (non-hydrogen) atoms. The number of halogens is 1. The van der Waals surface area contributed by atoms with E-state index in [1.54, 1.807) is 20.2 Å². The number of aromatic nitrogens is 1. The number of guanidine groups is 1. The molecule has 0 fully saturated rings. The summed E-state index contributed by atoms with van der Waals surface area (Å²) in [7, 11) is 1.71. The summed E-state index contributed by atoms with van der Waals surface area (Å²) < 4.78 is 4.96. The van der Waals surface area contributed by atoms with E-state index in [4.69, 9.17) is 4.74 Å². The van der Waals surface area contributed by atoms with Crippen LogP contribution in [0, 0.1) is 5.92 Å². The summed E-state index contributed by atoms with van der Waals surface area (Å²) in [5.41, 5.74) is 0.934. The van der Waals surface area contributed by atoms with Crippen molar-refractivity contribution in [3.8, 4) is 0 Å². The minimum atomic E-state index is -0.388. The van der Waals surface area contributed by atoms with E-state index in [-0.39, 0.29) is 36.1 Å². The first-order chi connectivity index (χ1) is 11.5. The minimum Gasteiger partial charge on any atom is -0.450 e. The third-order valence-electron chi connectivity index (χ3n) is 3.26. The highest BCUT2D eigenvalue weighted by Crippen LogP contribution is 2.04. The van der Waals surface area contributed by atoms with Crippen LogP contribution in [-0.4, -0.2) is 43.3 Å². The number of nitrogens with zero attached hydrogens (tertiary/aromatic N) is 2. The molecule has 0 saturated carbocycles. The zero-order valence-electron chi connectivity index (χ0n) is 15.4. The first kappa shape index (κ1) is 23.4. The number of hydrogen-bond acceptors (Lipinski definition) is 4. The Bertz CT molecular complexity index is 511. The molecule has 0 saturated heterocycles. The number of carbonyl (C=O) groups excluding carboxylic acids is 1. The van der Waals surface area contributed by atoms with Crippen LogP contribution in [0.5, 0.6) is 0 Å². The second-order valence-corrected chi connectivity index (χ2v) is 5.82. The van der Waals surface area contributed by atoms with Gasteiger partial charge in [-0.2, -0.15) is 0 Å². The molecular formula is C17H30IN5O2. The van der Waals surface area contributed by atoms with Gasteiger partial charge < -0.3 is 20.7 Å². The number of hydrogen-bond donors (Lipinski definition) is 3. The Balaban J connectivity index is 0.00000576. The average Bonchev–Trinajstić information content (AvgIpc) is 2.55. The molecule has 3 N–H and O–H groups in total. The summed E-state index contributed by atoms with van der Waals surface area (Å²) in [4.78, 5) is 20.1. The van der Waals surface area contributed by atoms with Crippen molar-refractivity contribution in [3.05, 3.63) is 30.1 Å². The van der Waals surface area contributed by atoms with E-state index in [2.05, 4.69) is 39.8 Å². The van der Waals surface area contributed by atoms with Crippen molar-refractivity contribution in [1.29, 1.82) is 0 Å². The quantitative estimate of drug-likeness (QED) is 0.313. The fourth-order valence-electron chi connectivity index (χ4n) is 2.22. The molecule has 1 aromatic rings. The number of alkyl carbamates (subject to hydrolysis) is 1. The van der Waals surface area contributed by atoms with Gasteiger partial charge in [-0.3, -0.25) is 9.98 Å². The lowest BCUT2D eigenvalue weighted by Gasteiger charge is -2.22.